The summed E-state index contributed by atoms with van der Waals surface area (Å²) < 4.78 is 5.74. The van der Waals surface area contributed by atoms with E-state index < -0.39 is 0 Å². The Bertz CT molecular complexity index is 402. The lowest BCUT2D eigenvalue weighted by Crippen LogP contribution is -2.17. The molecule has 1 aromatic carbocycles. The lowest BCUT2D eigenvalue weighted by Gasteiger charge is -2.23. The quantitative estimate of drug-likeness (QED) is 0.836. The monoisotopic (exact) mass is 293 g/mol. The molecule has 20 heavy (non-hydrogen) atoms. The number of thioether (sulfide) groups is 1. The van der Waals surface area contributed by atoms with Gasteiger partial charge in [0, 0.05) is 17.0 Å². The van der Waals surface area contributed by atoms with Gasteiger partial charge in [-0.15, -0.1) is 0 Å². The van der Waals surface area contributed by atoms with E-state index in [-0.39, 0.29) is 12.1 Å². The van der Waals surface area contributed by atoms with Crippen molar-refractivity contribution in [2.45, 2.75) is 63.3 Å². The predicted octanol–water partition coefficient (Wildman–Crippen LogP) is 4.54. The summed E-state index contributed by atoms with van der Waals surface area (Å²) in [5, 5.41) is 0.824. The summed E-state index contributed by atoms with van der Waals surface area (Å²) >= 11 is 2.05. The van der Waals surface area contributed by atoms with Crippen LogP contribution >= 0.6 is 11.8 Å². The Hall–Kier alpha value is -0.670. The second-order valence-electron chi connectivity index (χ2n) is 5.94. The van der Waals surface area contributed by atoms with E-state index in [1.165, 1.54) is 37.7 Å². The number of benzene rings is 1. The number of ether oxygens (including phenoxy) is 1. The van der Waals surface area contributed by atoms with Crippen molar-refractivity contribution in [2.75, 3.05) is 5.75 Å². The van der Waals surface area contributed by atoms with Crippen LogP contribution in [0.5, 0.6) is 5.75 Å². The molecule has 0 radical (unpaired) electrons. The summed E-state index contributed by atoms with van der Waals surface area (Å²) in [5.41, 5.74) is 7.52. The van der Waals surface area contributed by atoms with Gasteiger partial charge in [0.25, 0.3) is 0 Å². The molecular formula is C17H27NOS. The van der Waals surface area contributed by atoms with Crippen molar-refractivity contribution in [3.8, 4) is 5.75 Å². The van der Waals surface area contributed by atoms with Gasteiger partial charge in [0.05, 0.1) is 6.10 Å². The highest BCUT2D eigenvalue weighted by molar-refractivity contribution is 7.99. The van der Waals surface area contributed by atoms with Crippen LogP contribution in [0.4, 0.5) is 0 Å². The predicted molar refractivity (Wildman–Crippen MR) is 88.5 cm³/mol. The zero-order valence-corrected chi connectivity index (χ0v) is 13.5. The molecule has 0 aliphatic heterocycles. The van der Waals surface area contributed by atoms with Crippen LogP contribution in [0.3, 0.4) is 0 Å². The second kappa shape index (κ2) is 7.94. The summed E-state index contributed by atoms with van der Waals surface area (Å²) in [6.45, 7) is 4.09. The summed E-state index contributed by atoms with van der Waals surface area (Å²) in [6.07, 6.45) is 7.15. The van der Waals surface area contributed by atoms with Gasteiger partial charge >= 0.3 is 0 Å². The molecule has 0 amide bonds. The largest absolute Gasteiger partial charge is 0.491 e. The first-order valence-electron chi connectivity index (χ1n) is 7.79. The van der Waals surface area contributed by atoms with Crippen molar-refractivity contribution >= 4 is 11.8 Å². The number of rotatable bonds is 6. The van der Waals surface area contributed by atoms with E-state index in [4.69, 9.17) is 10.5 Å². The van der Waals surface area contributed by atoms with Gasteiger partial charge in [0.1, 0.15) is 5.75 Å². The Labute approximate surface area is 127 Å². The Morgan fingerprint density at radius 2 is 2.00 bits per heavy atom. The fraction of sp³-hybridized carbons (Fsp3) is 0.647. The van der Waals surface area contributed by atoms with Gasteiger partial charge in [-0.25, -0.2) is 0 Å². The van der Waals surface area contributed by atoms with Gasteiger partial charge in [-0.05, 0) is 44.4 Å². The van der Waals surface area contributed by atoms with E-state index >= 15 is 0 Å². The van der Waals surface area contributed by atoms with Crippen molar-refractivity contribution in [3.63, 3.8) is 0 Å². The first kappa shape index (κ1) is 15.7. The highest BCUT2D eigenvalue weighted by Crippen LogP contribution is 2.31. The molecule has 1 aliphatic rings. The molecule has 1 atom stereocenters. The van der Waals surface area contributed by atoms with Crippen LogP contribution in [0, 0.1) is 0 Å². The minimum Gasteiger partial charge on any atom is -0.491 e. The van der Waals surface area contributed by atoms with Gasteiger partial charge < -0.3 is 10.5 Å². The molecule has 112 valence electrons. The molecule has 1 fully saturated rings. The first-order chi connectivity index (χ1) is 9.65. The summed E-state index contributed by atoms with van der Waals surface area (Å²) in [7, 11) is 0. The van der Waals surface area contributed by atoms with Gasteiger partial charge in [0.2, 0.25) is 0 Å². The Morgan fingerprint density at radius 3 is 2.70 bits per heavy atom. The van der Waals surface area contributed by atoms with Crippen LogP contribution in [0.15, 0.2) is 24.3 Å². The summed E-state index contributed by atoms with van der Waals surface area (Å²) in [6, 6.07) is 8.35. The third kappa shape index (κ3) is 5.02. The summed E-state index contributed by atoms with van der Waals surface area (Å²) in [5.74, 6) is 1.94. The molecule has 0 saturated heterocycles. The average molecular weight is 293 g/mol. The van der Waals surface area contributed by atoms with Gasteiger partial charge in [-0.3, -0.25) is 0 Å². The third-order valence-corrected chi connectivity index (χ3v) is 5.22. The fourth-order valence-corrected chi connectivity index (χ4v) is 4.00. The van der Waals surface area contributed by atoms with Crippen LogP contribution in [0.1, 0.15) is 57.6 Å². The molecule has 2 rings (SSSR count). The first-order valence-corrected chi connectivity index (χ1v) is 8.84. The van der Waals surface area contributed by atoms with E-state index in [0.717, 1.165) is 16.8 Å². The minimum atomic E-state index is 0.109. The van der Waals surface area contributed by atoms with E-state index in [9.17, 15) is 0 Å². The number of hydrogen-bond acceptors (Lipinski definition) is 3. The van der Waals surface area contributed by atoms with E-state index in [0.29, 0.717) is 0 Å². The normalized spacial score (nSPS) is 18.2. The van der Waals surface area contributed by atoms with Gasteiger partial charge in [-0.1, -0.05) is 31.4 Å². The molecule has 1 aliphatic carbocycles. The minimum absolute atomic E-state index is 0.109. The average Bonchev–Trinajstić information content (AvgIpc) is 2.45. The molecule has 1 aromatic rings. The van der Waals surface area contributed by atoms with E-state index in [2.05, 4.69) is 23.9 Å². The second-order valence-corrected chi connectivity index (χ2v) is 7.27. The molecule has 1 saturated carbocycles. The SMILES string of the molecule is CC(C)Oc1cccc(C(N)CSC2CCCCC2)c1. The molecule has 2 nitrogen and oxygen atoms in total. The lowest BCUT2D eigenvalue weighted by atomic mass is 10.0. The van der Waals surface area contributed by atoms with Crippen molar-refractivity contribution in [3.05, 3.63) is 29.8 Å². The molecule has 2 N–H and O–H groups in total. The van der Waals surface area contributed by atoms with Crippen LogP contribution in [0.2, 0.25) is 0 Å². The Balaban J connectivity index is 1.86. The van der Waals surface area contributed by atoms with E-state index in [1.54, 1.807) is 0 Å². The number of nitrogens with two attached hydrogens (primary N) is 1. The Morgan fingerprint density at radius 1 is 1.25 bits per heavy atom. The van der Waals surface area contributed by atoms with Crippen LogP contribution < -0.4 is 10.5 Å². The van der Waals surface area contributed by atoms with Crippen LogP contribution in [-0.2, 0) is 0 Å². The van der Waals surface area contributed by atoms with Crippen LogP contribution in [0.25, 0.3) is 0 Å². The van der Waals surface area contributed by atoms with Crippen molar-refractivity contribution in [1.29, 1.82) is 0 Å². The lowest BCUT2D eigenvalue weighted by molar-refractivity contribution is 0.242. The topological polar surface area (TPSA) is 35.2 Å². The maximum atomic E-state index is 6.34. The van der Waals surface area contributed by atoms with E-state index in [1.807, 2.05) is 26.0 Å². The maximum absolute atomic E-state index is 6.34. The fourth-order valence-electron chi connectivity index (χ4n) is 2.66. The highest BCUT2D eigenvalue weighted by atomic mass is 32.2. The molecule has 0 heterocycles. The third-order valence-electron chi connectivity index (χ3n) is 3.72. The molecule has 3 heteroatoms. The van der Waals surface area contributed by atoms with Gasteiger partial charge in [-0.2, -0.15) is 11.8 Å². The molecule has 0 aromatic heterocycles. The zero-order chi connectivity index (χ0) is 14.4. The Kier molecular flexibility index (Phi) is 6.24. The molecule has 0 spiro atoms. The number of hydrogen-bond donors (Lipinski definition) is 1. The van der Waals surface area contributed by atoms with Gasteiger partial charge in [0.15, 0.2) is 0 Å². The van der Waals surface area contributed by atoms with Crippen LogP contribution in [-0.4, -0.2) is 17.1 Å². The standard InChI is InChI=1S/C17H27NOS/c1-13(2)19-15-8-6-7-14(11-15)17(18)12-20-16-9-4-3-5-10-16/h6-8,11,13,16-17H,3-5,9-10,12,18H2,1-2H3. The maximum Gasteiger partial charge on any atom is 0.120 e. The van der Waals surface area contributed by atoms with Crippen molar-refractivity contribution < 1.29 is 4.74 Å². The zero-order valence-electron chi connectivity index (χ0n) is 12.7. The summed E-state index contributed by atoms with van der Waals surface area (Å²) in [4.78, 5) is 0. The molecular weight excluding hydrogens is 266 g/mol. The smallest absolute Gasteiger partial charge is 0.120 e. The highest BCUT2D eigenvalue weighted by Gasteiger charge is 2.16. The molecule has 1 unspecified atom stereocenters. The van der Waals surface area contributed by atoms with Crippen molar-refractivity contribution in [2.24, 2.45) is 5.73 Å². The molecule has 0 bridgehead atoms. The van der Waals surface area contributed by atoms with Crippen molar-refractivity contribution in [1.82, 2.24) is 0 Å².